The van der Waals surface area contributed by atoms with E-state index in [1.165, 1.54) is 45.6 Å². The molecular formula is C33H40F2N4O5S. The predicted molar refractivity (Wildman–Crippen MR) is 163 cm³/mol. The molecule has 3 aliphatic rings. The third-order valence-corrected chi connectivity index (χ3v) is 10.9. The normalized spacial score (nSPS) is 23.1. The van der Waals surface area contributed by atoms with Crippen molar-refractivity contribution in [3.05, 3.63) is 53.6 Å². The van der Waals surface area contributed by atoms with Crippen LogP contribution in [0.5, 0.6) is 0 Å². The lowest BCUT2D eigenvalue weighted by atomic mass is 9.87. The van der Waals surface area contributed by atoms with Crippen molar-refractivity contribution in [3.63, 3.8) is 0 Å². The second kappa shape index (κ2) is 12.8. The molecule has 1 amide bonds. The van der Waals surface area contributed by atoms with Crippen molar-refractivity contribution in [1.29, 1.82) is 5.26 Å². The van der Waals surface area contributed by atoms with E-state index in [0.717, 1.165) is 12.8 Å². The Kier molecular flexibility index (Phi) is 9.36. The molecule has 2 heterocycles. The first-order valence-electron chi connectivity index (χ1n) is 15.4. The molecule has 5 rings (SSSR count). The van der Waals surface area contributed by atoms with Crippen LogP contribution in [0.3, 0.4) is 0 Å². The Morgan fingerprint density at radius 3 is 2.44 bits per heavy atom. The van der Waals surface area contributed by atoms with E-state index >= 15 is 8.78 Å². The summed E-state index contributed by atoms with van der Waals surface area (Å²) < 4.78 is 64.3. The number of benzene rings is 2. The maximum atomic E-state index is 15.5. The Bertz CT molecular complexity index is 1610. The zero-order chi connectivity index (χ0) is 32.7. The monoisotopic (exact) mass is 642 g/mol. The lowest BCUT2D eigenvalue weighted by Crippen LogP contribution is -2.51. The summed E-state index contributed by atoms with van der Waals surface area (Å²) in [6.07, 6.45) is 1.33. The number of hydrogen-bond acceptors (Lipinski definition) is 7. The number of hydrogen-bond donors (Lipinski definition) is 0. The number of amides is 1. The Labute approximate surface area is 263 Å². The number of sulfonamides is 1. The van der Waals surface area contributed by atoms with Crippen molar-refractivity contribution in [3.8, 4) is 17.2 Å². The van der Waals surface area contributed by atoms with Gasteiger partial charge in [0.15, 0.2) is 17.4 Å². The number of nitriles is 1. The van der Waals surface area contributed by atoms with Crippen LogP contribution in [0, 0.1) is 34.8 Å². The summed E-state index contributed by atoms with van der Waals surface area (Å²) in [5.41, 5.74) is -0.686. The van der Waals surface area contributed by atoms with Crippen LogP contribution >= 0.6 is 0 Å². The lowest BCUT2D eigenvalue weighted by molar-refractivity contribution is -0.126. The number of likely N-dealkylation sites (tertiary alicyclic amines) is 1. The minimum atomic E-state index is -3.82. The Balaban J connectivity index is 1.31. The number of likely N-dealkylation sites (N-methyl/N-ethyl adjacent to an activating group) is 1. The number of Topliss-reactive ketones (excluding diaryl/α,β-unsaturated/α-hetero) is 1. The van der Waals surface area contributed by atoms with Crippen molar-refractivity contribution < 1.29 is 31.5 Å². The summed E-state index contributed by atoms with van der Waals surface area (Å²) in [4.78, 5) is 30.0. The second-order valence-corrected chi connectivity index (χ2v) is 15.3. The fourth-order valence-corrected chi connectivity index (χ4v) is 8.21. The van der Waals surface area contributed by atoms with Gasteiger partial charge in [0.05, 0.1) is 22.9 Å². The van der Waals surface area contributed by atoms with Gasteiger partial charge < -0.3 is 9.64 Å². The van der Waals surface area contributed by atoms with Gasteiger partial charge in [-0.1, -0.05) is 24.3 Å². The van der Waals surface area contributed by atoms with Crippen LogP contribution in [-0.2, 0) is 26.0 Å². The number of piperazine rings is 1. The first-order valence-corrected chi connectivity index (χ1v) is 16.8. The van der Waals surface area contributed by atoms with Crippen molar-refractivity contribution in [1.82, 2.24) is 14.1 Å². The van der Waals surface area contributed by atoms with Crippen LogP contribution in [0.2, 0.25) is 0 Å². The van der Waals surface area contributed by atoms with E-state index in [0.29, 0.717) is 32.6 Å². The highest BCUT2D eigenvalue weighted by Crippen LogP contribution is 2.44. The van der Waals surface area contributed by atoms with Gasteiger partial charge in [0.2, 0.25) is 10.0 Å². The van der Waals surface area contributed by atoms with E-state index in [9.17, 15) is 23.3 Å². The first-order chi connectivity index (χ1) is 21.2. The maximum Gasteiger partial charge on any atom is 0.411 e. The number of carbonyl (C=O) groups is 2. The molecule has 45 heavy (non-hydrogen) atoms. The summed E-state index contributed by atoms with van der Waals surface area (Å²) in [5.74, 6) is -3.54. The Hall–Kier alpha value is -3.40. The fourth-order valence-electron chi connectivity index (χ4n) is 6.74. The minimum Gasteiger partial charge on any atom is -0.444 e. The smallest absolute Gasteiger partial charge is 0.411 e. The summed E-state index contributed by atoms with van der Waals surface area (Å²) in [5, 5.41) is 9.87. The zero-order valence-corrected chi connectivity index (χ0v) is 26.9. The molecule has 0 aromatic heterocycles. The van der Waals surface area contributed by atoms with E-state index in [1.54, 1.807) is 20.8 Å². The number of rotatable bonds is 8. The fraction of sp³-hybridized carbons (Fsp3) is 0.545. The highest BCUT2D eigenvalue weighted by Gasteiger charge is 2.52. The first kappa shape index (κ1) is 33.0. The number of carbonyl (C=O) groups excluding carboxylic acids is 2. The average Bonchev–Trinajstić information content (AvgIpc) is 3.61. The van der Waals surface area contributed by atoms with Crippen LogP contribution in [0.4, 0.5) is 13.6 Å². The molecule has 1 aliphatic carbocycles. The largest absolute Gasteiger partial charge is 0.444 e. The molecule has 2 aromatic rings. The summed E-state index contributed by atoms with van der Waals surface area (Å²) >= 11 is 0. The number of halogens is 2. The molecule has 0 radical (unpaired) electrons. The number of piperidine rings is 1. The van der Waals surface area contributed by atoms with Gasteiger partial charge in [0.25, 0.3) is 0 Å². The van der Waals surface area contributed by atoms with E-state index in [2.05, 4.69) is 6.07 Å². The summed E-state index contributed by atoms with van der Waals surface area (Å²) in [7, 11) is -1.90. The molecule has 4 atom stereocenters. The predicted octanol–water partition coefficient (Wildman–Crippen LogP) is 5.00. The van der Waals surface area contributed by atoms with Gasteiger partial charge in [-0.3, -0.25) is 9.69 Å². The second-order valence-electron chi connectivity index (χ2n) is 13.4. The van der Waals surface area contributed by atoms with Gasteiger partial charge in [0.1, 0.15) is 5.60 Å². The molecule has 2 saturated heterocycles. The summed E-state index contributed by atoms with van der Waals surface area (Å²) in [6, 6.07) is 9.80. The number of ketones is 1. The standard InChI is InChI=1S/C33H40F2N4O5S/c1-33(2,3)44-32(41)39-25-10-8-24(18-25)31(39)28(40)17-21(20-36)16-23-9-11-27(30(35)29(23)34)22-6-5-7-26(19-22)45(42,43)38-14-12-37(4)13-15-38/h5-7,9,11,19,21,24-25,31H,8,10,12-18H2,1-4H3/t21-,24+,25-,31+/m1/s1. The number of ether oxygens (including phenoxy) is 1. The van der Waals surface area contributed by atoms with Crippen molar-refractivity contribution >= 4 is 21.9 Å². The van der Waals surface area contributed by atoms with Gasteiger partial charge in [0, 0.05) is 44.2 Å². The zero-order valence-electron chi connectivity index (χ0n) is 26.1. The number of nitrogens with zero attached hydrogens (tertiary/aromatic N) is 4. The van der Waals surface area contributed by atoms with Crippen LogP contribution in [0.25, 0.3) is 11.1 Å². The molecule has 9 nitrogen and oxygen atoms in total. The number of fused-ring (bicyclic) bond motifs is 2. The Morgan fingerprint density at radius 2 is 1.78 bits per heavy atom. The SMILES string of the molecule is CN1CCN(S(=O)(=O)c2cccc(-c3ccc(C[C@@H](C#N)CC(=O)[C@@H]4[C@H]5CC[C@H](C5)N4C(=O)OC(C)(C)C)c(F)c3F)c2)CC1. The molecule has 2 aromatic carbocycles. The molecule has 3 fully saturated rings. The van der Waals surface area contributed by atoms with Crippen LogP contribution in [-0.4, -0.2) is 85.3 Å². The van der Waals surface area contributed by atoms with Gasteiger partial charge >= 0.3 is 6.09 Å². The van der Waals surface area contributed by atoms with E-state index in [4.69, 9.17) is 4.74 Å². The van der Waals surface area contributed by atoms with Crippen molar-refractivity contribution in [2.75, 3.05) is 33.2 Å². The molecule has 12 heteroatoms. The highest BCUT2D eigenvalue weighted by molar-refractivity contribution is 7.89. The minimum absolute atomic E-state index is 0.00228. The third kappa shape index (κ3) is 6.90. The van der Waals surface area contributed by atoms with E-state index in [1.807, 2.05) is 11.9 Å². The lowest BCUT2D eigenvalue weighted by Gasteiger charge is -2.35. The maximum absolute atomic E-state index is 15.5. The van der Waals surface area contributed by atoms with Crippen LogP contribution in [0.1, 0.15) is 52.0 Å². The van der Waals surface area contributed by atoms with Crippen molar-refractivity contribution in [2.24, 2.45) is 11.8 Å². The molecule has 242 valence electrons. The molecular weight excluding hydrogens is 602 g/mol. The van der Waals surface area contributed by atoms with Crippen molar-refractivity contribution in [2.45, 2.75) is 75.5 Å². The molecule has 2 bridgehead atoms. The quantitative estimate of drug-likeness (QED) is 0.399. The van der Waals surface area contributed by atoms with Gasteiger partial charge in [-0.15, -0.1) is 0 Å². The van der Waals surface area contributed by atoms with Gasteiger partial charge in [-0.05, 0) is 82.7 Å². The molecule has 2 aliphatic heterocycles. The summed E-state index contributed by atoms with van der Waals surface area (Å²) in [6.45, 7) is 7.14. The average molecular weight is 643 g/mol. The third-order valence-electron chi connectivity index (χ3n) is 9.02. The Morgan fingerprint density at radius 1 is 1.07 bits per heavy atom. The topological polar surface area (TPSA) is 111 Å². The van der Waals surface area contributed by atoms with Gasteiger partial charge in [-0.2, -0.15) is 9.57 Å². The molecule has 0 unspecified atom stereocenters. The van der Waals surface area contributed by atoms with Crippen LogP contribution in [0.15, 0.2) is 41.3 Å². The molecule has 0 spiro atoms. The van der Waals surface area contributed by atoms with E-state index < -0.39 is 45.3 Å². The highest BCUT2D eigenvalue weighted by atomic mass is 32.2. The van der Waals surface area contributed by atoms with Crippen LogP contribution < -0.4 is 0 Å². The van der Waals surface area contributed by atoms with E-state index in [-0.39, 0.29) is 52.2 Å². The molecule has 0 N–H and O–H groups in total. The van der Waals surface area contributed by atoms with Gasteiger partial charge in [-0.25, -0.2) is 22.0 Å². The molecule has 1 saturated carbocycles.